The fourth-order valence-corrected chi connectivity index (χ4v) is 2.64. The summed E-state index contributed by atoms with van der Waals surface area (Å²) in [5, 5.41) is 12.5. The zero-order chi connectivity index (χ0) is 15.6. The van der Waals surface area contributed by atoms with Gasteiger partial charge in [0.2, 0.25) is 0 Å². The van der Waals surface area contributed by atoms with Crippen LogP contribution in [0.25, 0.3) is 0 Å². The summed E-state index contributed by atoms with van der Waals surface area (Å²) in [6.07, 6.45) is 2.48. The lowest BCUT2D eigenvalue weighted by Crippen LogP contribution is -2.18. The quantitative estimate of drug-likeness (QED) is 0.861. The number of nitrogens with one attached hydrogen (secondary N) is 1. The standard InChI is InChI=1S/C12H14N4O4S/c1-8(2)16-10(5-6-14-16)15-21(19,20)11-4-3-9(7-13-11)12(17)18/h3-8,15H,1-2H3,(H,17,18). The molecule has 0 radical (unpaired) electrons. The predicted molar refractivity (Wildman–Crippen MR) is 74.6 cm³/mol. The van der Waals surface area contributed by atoms with Crippen LogP contribution in [0.2, 0.25) is 0 Å². The largest absolute Gasteiger partial charge is 0.478 e. The lowest BCUT2D eigenvalue weighted by atomic mass is 10.3. The molecule has 9 heteroatoms. The molecule has 0 saturated heterocycles. The van der Waals surface area contributed by atoms with Crippen molar-refractivity contribution >= 4 is 21.8 Å². The van der Waals surface area contributed by atoms with Crippen molar-refractivity contribution < 1.29 is 18.3 Å². The number of carbonyl (C=O) groups is 1. The molecule has 0 aliphatic carbocycles. The van der Waals surface area contributed by atoms with Crippen LogP contribution >= 0.6 is 0 Å². The summed E-state index contributed by atoms with van der Waals surface area (Å²) >= 11 is 0. The van der Waals surface area contributed by atoms with Crippen LogP contribution in [-0.4, -0.2) is 34.3 Å². The Labute approximate surface area is 121 Å². The molecule has 0 aliphatic rings. The van der Waals surface area contributed by atoms with E-state index in [1.165, 1.54) is 23.0 Å². The second-order valence-electron chi connectivity index (χ2n) is 4.55. The van der Waals surface area contributed by atoms with E-state index in [0.29, 0.717) is 5.82 Å². The van der Waals surface area contributed by atoms with Crippen LogP contribution in [0.15, 0.2) is 35.6 Å². The van der Waals surface area contributed by atoms with Gasteiger partial charge in [-0.1, -0.05) is 0 Å². The van der Waals surface area contributed by atoms with Crippen molar-refractivity contribution in [1.29, 1.82) is 0 Å². The first-order chi connectivity index (χ1) is 9.81. The summed E-state index contributed by atoms with van der Waals surface area (Å²) in [7, 11) is -3.90. The molecule has 2 aromatic heterocycles. The van der Waals surface area contributed by atoms with Crippen LogP contribution < -0.4 is 4.72 Å². The molecule has 0 fully saturated rings. The highest BCUT2D eigenvalue weighted by Gasteiger charge is 2.19. The van der Waals surface area contributed by atoms with Crippen molar-refractivity contribution in [2.75, 3.05) is 4.72 Å². The summed E-state index contributed by atoms with van der Waals surface area (Å²) in [4.78, 5) is 14.4. The Morgan fingerprint density at radius 2 is 2.05 bits per heavy atom. The van der Waals surface area contributed by atoms with E-state index in [9.17, 15) is 13.2 Å². The number of carboxylic acid groups (broad SMARTS) is 1. The number of aromatic carboxylic acids is 1. The molecule has 0 atom stereocenters. The second-order valence-corrected chi connectivity index (χ2v) is 6.18. The zero-order valence-corrected chi connectivity index (χ0v) is 12.2. The molecular weight excluding hydrogens is 296 g/mol. The molecule has 2 rings (SSSR count). The molecule has 2 N–H and O–H groups in total. The second kappa shape index (κ2) is 5.52. The maximum atomic E-state index is 12.2. The first-order valence-electron chi connectivity index (χ1n) is 6.07. The van der Waals surface area contributed by atoms with Gasteiger partial charge in [-0.2, -0.15) is 13.5 Å². The van der Waals surface area contributed by atoms with Gasteiger partial charge in [0.25, 0.3) is 10.0 Å². The molecule has 2 aromatic rings. The summed E-state index contributed by atoms with van der Waals surface area (Å²) in [6, 6.07) is 3.84. The van der Waals surface area contributed by atoms with E-state index in [1.54, 1.807) is 0 Å². The number of hydrogen-bond acceptors (Lipinski definition) is 5. The summed E-state index contributed by atoms with van der Waals surface area (Å²) < 4.78 is 28.3. The van der Waals surface area contributed by atoms with Crippen molar-refractivity contribution in [2.24, 2.45) is 0 Å². The van der Waals surface area contributed by atoms with Gasteiger partial charge >= 0.3 is 5.97 Å². The first-order valence-corrected chi connectivity index (χ1v) is 7.55. The molecule has 0 saturated carbocycles. The minimum Gasteiger partial charge on any atom is -0.478 e. The van der Waals surface area contributed by atoms with Gasteiger partial charge in [-0.25, -0.2) is 14.5 Å². The highest BCUT2D eigenvalue weighted by atomic mass is 32.2. The number of nitrogens with zero attached hydrogens (tertiary/aromatic N) is 3. The Kier molecular flexibility index (Phi) is 3.94. The maximum absolute atomic E-state index is 12.2. The minimum atomic E-state index is -3.90. The Balaban J connectivity index is 2.30. The lowest BCUT2D eigenvalue weighted by Gasteiger charge is -2.12. The monoisotopic (exact) mass is 310 g/mol. The van der Waals surface area contributed by atoms with Crippen molar-refractivity contribution in [3.05, 3.63) is 36.2 Å². The molecular formula is C12H14N4O4S. The Morgan fingerprint density at radius 3 is 2.57 bits per heavy atom. The topological polar surface area (TPSA) is 114 Å². The predicted octanol–water partition coefficient (Wildman–Crippen LogP) is 1.36. The molecule has 21 heavy (non-hydrogen) atoms. The van der Waals surface area contributed by atoms with Gasteiger partial charge in [0, 0.05) is 18.3 Å². The van der Waals surface area contributed by atoms with E-state index in [1.807, 2.05) is 13.8 Å². The highest BCUT2D eigenvalue weighted by molar-refractivity contribution is 7.92. The number of hydrogen-bond donors (Lipinski definition) is 2. The van der Waals surface area contributed by atoms with Crippen LogP contribution in [0.1, 0.15) is 30.2 Å². The van der Waals surface area contributed by atoms with Gasteiger partial charge in [0.15, 0.2) is 5.03 Å². The average molecular weight is 310 g/mol. The van der Waals surface area contributed by atoms with Crippen molar-refractivity contribution in [1.82, 2.24) is 14.8 Å². The van der Waals surface area contributed by atoms with Crippen LogP contribution in [0, 0.1) is 0 Å². The van der Waals surface area contributed by atoms with Gasteiger partial charge in [0.1, 0.15) is 5.82 Å². The van der Waals surface area contributed by atoms with Crippen LogP contribution in [-0.2, 0) is 10.0 Å². The third-order valence-electron chi connectivity index (χ3n) is 2.66. The zero-order valence-electron chi connectivity index (χ0n) is 11.4. The molecule has 0 spiro atoms. The number of rotatable bonds is 5. The SMILES string of the molecule is CC(C)n1nccc1NS(=O)(=O)c1ccc(C(=O)O)cn1. The summed E-state index contributed by atoms with van der Waals surface area (Å²) in [5.41, 5.74) is -0.0822. The lowest BCUT2D eigenvalue weighted by molar-refractivity contribution is 0.0696. The number of pyridine rings is 1. The van der Waals surface area contributed by atoms with Gasteiger partial charge in [-0.15, -0.1) is 0 Å². The molecule has 2 heterocycles. The number of sulfonamides is 1. The number of aromatic nitrogens is 3. The van der Waals surface area contributed by atoms with E-state index >= 15 is 0 Å². The molecule has 0 bridgehead atoms. The van der Waals surface area contributed by atoms with Crippen molar-refractivity contribution in [3.63, 3.8) is 0 Å². The molecule has 112 valence electrons. The fourth-order valence-electron chi connectivity index (χ4n) is 1.66. The minimum absolute atomic E-state index is 0.0138. The third-order valence-corrected chi connectivity index (χ3v) is 3.93. The van der Waals surface area contributed by atoms with Crippen molar-refractivity contribution in [3.8, 4) is 0 Å². The normalized spacial score (nSPS) is 11.6. The smallest absolute Gasteiger partial charge is 0.337 e. The van der Waals surface area contributed by atoms with E-state index < -0.39 is 16.0 Å². The van der Waals surface area contributed by atoms with E-state index in [0.717, 1.165) is 12.3 Å². The van der Waals surface area contributed by atoms with Crippen LogP contribution in [0.4, 0.5) is 5.82 Å². The van der Waals surface area contributed by atoms with Gasteiger partial charge < -0.3 is 5.11 Å². The first kappa shape index (κ1) is 15.0. The molecule has 8 nitrogen and oxygen atoms in total. The van der Waals surface area contributed by atoms with Gasteiger partial charge in [0.05, 0.1) is 11.8 Å². The van der Waals surface area contributed by atoms with Crippen LogP contribution in [0.5, 0.6) is 0 Å². The molecule has 0 aromatic carbocycles. The van der Waals surface area contributed by atoms with E-state index in [2.05, 4.69) is 14.8 Å². The Hall–Kier alpha value is -2.42. The average Bonchev–Trinajstić information content (AvgIpc) is 2.86. The third kappa shape index (κ3) is 3.19. The van der Waals surface area contributed by atoms with E-state index in [4.69, 9.17) is 5.11 Å². The van der Waals surface area contributed by atoms with E-state index in [-0.39, 0.29) is 16.6 Å². The number of carboxylic acids is 1. The molecule has 0 amide bonds. The molecule has 0 unspecified atom stereocenters. The molecule has 0 aliphatic heterocycles. The summed E-state index contributed by atoms with van der Waals surface area (Å²) in [5.74, 6) is -0.855. The van der Waals surface area contributed by atoms with Gasteiger partial charge in [-0.05, 0) is 26.0 Å². The fraction of sp³-hybridized carbons (Fsp3) is 0.250. The van der Waals surface area contributed by atoms with Gasteiger partial charge in [-0.3, -0.25) is 4.72 Å². The Morgan fingerprint density at radius 1 is 1.33 bits per heavy atom. The summed E-state index contributed by atoms with van der Waals surface area (Å²) in [6.45, 7) is 3.73. The highest BCUT2D eigenvalue weighted by Crippen LogP contribution is 2.17. The van der Waals surface area contributed by atoms with Crippen molar-refractivity contribution in [2.45, 2.75) is 24.9 Å². The maximum Gasteiger partial charge on any atom is 0.337 e. The van der Waals surface area contributed by atoms with Crippen LogP contribution in [0.3, 0.4) is 0 Å². The Bertz CT molecular complexity index is 750. The number of anilines is 1.